The zero-order valence-electron chi connectivity index (χ0n) is 10.7. The molecule has 2 N–H and O–H groups in total. The van der Waals surface area contributed by atoms with Crippen LogP contribution in [-0.2, 0) is 4.79 Å². The van der Waals surface area contributed by atoms with Gasteiger partial charge in [-0.1, -0.05) is 6.08 Å². The predicted octanol–water partition coefficient (Wildman–Crippen LogP) is 2.19. The summed E-state index contributed by atoms with van der Waals surface area (Å²) in [6, 6.07) is -0.402. The molecular weight excluding hydrogens is 226 g/mol. The number of carboxylic acid groups (broad SMARTS) is 1. The number of aliphatic carboxylic acids is 1. The van der Waals surface area contributed by atoms with Crippen molar-refractivity contribution in [1.82, 2.24) is 5.32 Å². The molecule has 0 spiro atoms. The summed E-state index contributed by atoms with van der Waals surface area (Å²) < 4.78 is 0. The monoisotopic (exact) mass is 247 g/mol. The second-order valence-electron chi connectivity index (χ2n) is 7.04. The molecular formula is C15H21NO2. The minimum absolute atomic E-state index is 0.251. The van der Waals surface area contributed by atoms with Crippen LogP contribution in [0, 0.1) is 23.2 Å². The lowest BCUT2D eigenvalue weighted by Gasteiger charge is -2.58. The number of carboxylic acids is 1. The van der Waals surface area contributed by atoms with Crippen molar-refractivity contribution in [1.29, 1.82) is 0 Å². The molecule has 3 heteroatoms. The Morgan fingerprint density at radius 3 is 2.22 bits per heavy atom. The first-order valence-electron chi connectivity index (χ1n) is 7.33. The number of hydrogen-bond acceptors (Lipinski definition) is 2. The average molecular weight is 247 g/mol. The largest absolute Gasteiger partial charge is 0.480 e. The molecule has 4 saturated carbocycles. The van der Waals surface area contributed by atoms with Gasteiger partial charge in [-0.3, -0.25) is 10.1 Å². The van der Waals surface area contributed by atoms with E-state index in [1.165, 1.54) is 44.1 Å². The molecule has 98 valence electrons. The maximum atomic E-state index is 11.4. The maximum Gasteiger partial charge on any atom is 0.325 e. The highest BCUT2D eigenvalue weighted by atomic mass is 16.4. The quantitative estimate of drug-likeness (QED) is 0.735. The topological polar surface area (TPSA) is 49.3 Å². The Kier molecular flexibility index (Phi) is 2.20. The normalized spacial score (nSPS) is 49.4. The number of hydrogen-bond donors (Lipinski definition) is 2. The minimum atomic E-state index is -0.686. The predicted molar refractivity (Wildman–Crippen MR) is 68.1 cm³/mol. The fourth-order valence-electron chi connectivity index (χ4n) is 5.72. The van der Waals surface area contributed by atoms with E-state index in [-0.39, 0.29) is 5.41 Å². The molecule has 5 aliphatic rings. The summed E-state index contributed by atoms with van der Waals surface area (Å²) in [7, 11) is 0. The third kappa shape index (κ3) is 1.43. The summed E-state index contributed by atoms with van der Waals surface area (Å²) in [6.07, 6.45) is 10.2. The molecule has 4 aliphatic carbocycles. The van der Waals surface area contributed by atoms with Gasteiger partial charge in [0.05, 0.1) is 0 Å². The molecule has 0 aromatic heterocycles. The second kappa shape index (κ2) is 3.60. The molecule has 4 fully saturated rings. The Bertz CT molecular complexity index is 391. The zero-order valence-corrected chi connectivity index (χ0v) is 10.7. The SMILES string of the molecule is O=C(O)C1NCC=C1C12CC3CC(CC(C3)C1)C2. The molecule has 1 aliphatic heterocycles. The van der Waals surface area contributed by atoms with Crippen LogP contribution in [0.25, 0.3) is 0 Å². The summed E-state index contributed by atoms with van der Waals surface area (Å²) in [5.41, 5.74) is 1.48. The highest BCUT2D eigenvalue weighted by Crippen LogP contribution is 2.63. The minimum Gasteiger partial charge on any atom is -0.480 e. The van der Waals surface area contributed by atoms with Crippen LogP contribution >= 0.6 is 0 Å². The molecule has 18 heavy (non-hydrogen) atoms. The van der Waals surface area contributed by atoms with Crippen molar-refractivity contribution in [3.05, 3.63) is 11.6 Å². The van der Waals surface area contributed by atoms with E-state index in [2.05, 4.69) is 11.4 Å². The van der Waals surface area contributed by atoms with Gasteiger partial charge in [0.25, 0.3) is 0 Å². The average Bonchev–Trinajstić information content (AvgIpc) is 2.76. The van der Waals surface area contributed by atoms with Gasteiger partial charge in [0.1, 0.15) is 6.04 Å². The lowest BCUT2D eigenvalue weighted by Crippen LogP contribution is -2.50. The first kappa shape index (κ1) is 11.0. The van der Waals surface area contributed by atoms with Crippen molar-refractivity contribution in [2.45, 2.75) is 44.6 Å². The van der Waals surface area contributed by atoms with Crippen LogP contribution in [0.15, 0.2) is 11.6 Å². The van der Waals surface area contributed by atoms with Crippen LogP contribution in [0.5, 0.6) is 0 Å². The lowest BCUT2D eigenvalue weighted by atomic mass is 9.47. The van der Waals surface area contributed by atoms with Gasteiger partial charge in [-0.15, -0.1) is 0 Å². The molecule has 0 amide bonds. The Labute approximate surface area is 108 Å². The Balaban J connectivity index is 1.69. The van der Waals surface area contributed by atoms with E-state index in [9.17, 15) is 9.90 Å². The summed E-state index contributed by atoms with van der Waals surface area (Å²) in [5, 5.41) is 12.5. The number of rotatable bonds is 2. The van der Waals surface area contributed by atoms with E-state index < -0.39 is 12.0 Å². The van der Waals surface area contributed by atoms with Gasteiger partial charge in [0.15, 0.2) is 0 Å². The van der Waals surface area contributed by atoms with E-state index in [1.54, 1.807) is 0 Å². The van der Waals surface area contributed by atoms with E-state index in [4.69, 9.17) is 0 Å². The molecule has 5 rings (SSSR count). The van der Waals surface area contributed by atoms with E-state index in [1.807, 2.05) is 0 Å². The van der Waals surface area contributed by atoms with Crippen LogP contribution in [0.3, 0.4) is 0 Å². The van der Waals surface area contributed by atoms with Crippen molar-refractivity contribution in [2.75, 3.05) is 6.54 Å². The van der Waals surface area contributed by atoms with Crippen LogP contribution in [0.2, 0.25) is 0 Å². The van der Waals surface area contributed by atoms with Crippen molar-refractivity contribution in [3.8, 4) is 0 Å². The molecule has 1 heterocycles. The number of nitrogens with one attached hydrogen (secondary N) is 1. The molecule has 0 radical (unpaired) electrons. The molecule has 1 unspecified atom stereocenters. The molecule has 0 aromatic rings. The van der Waals surface area contributed by atoms with Gasteiger partial charge in [0.2, 0.25) is 0 Å². The van der Waals surface area contributed by atoms with E-state index >= 15 is 0 Å². The molecule has 0 saturated heterocycles. The second-order valence-corrected chi connectivity index (χ2v) is 7.04. The van der Waals surface area contributed by atoms with Gasteiger partial charge in [-0.2, -0.15) is 0 Å². The third-order valence-corrected chi connectivity index (χ3v) is 5.85. The molecule has 4 bridgehead atoms. The van der Waals surface area contributed by atoms with E-state index in [0.717, 1.165) is 24.3 Å². The van der Waals surface area contributed by atoms with Crippen molar-refractivity contribution < 1.29 is 9.90 Å². The van der Waals surface area contributed by atoms with Gasteiger partial charge >= 0.3 is 5.97 Å². The Hall–Kier alpha value is -0.830. The Morgan fingerprint density at radius 1 is 1.17 bits per heavy atom. The highest BCUT2D eigenvalue weighted by molar-refractivity contribution is 5.79. The first-order valence-corrected chi connectivity index (χ1v) is 7.33. The van der Waals surface area contributed by atoms with Gasteiger partial charge in [-0.25, -0.2) is 0 Å². The third-order valence-electron chi connectivity index (χ3n) is 5.85. The summed E-state index contributed by atoms with van der Waals surface area (Å²) >= 11 is 0. The smallest absolute Gasteiger partial charge is 0.325 e. The van der Waals surface area contributed by atoms with Crippen LogP contribution in [0.4, 0.5) is 0 Å². The van der Waals surface area contributed by atoms with Crippen LogP contribution in [0.1, 0.15) is 38.5 Å². The zero-order chi connectivity index (χ0) is 12.3. The number of carbonyl (C=O) groups is 1. The van der Waals surface area contributed by atoms with Crippen molar-refractivity contribution in [2.24, 2.45) is 23.2 Å². The molecule has 1 atom stereocenters. The standard InChI is InChI=1S/C15H21NO2/c17-14(18)13-12(1-2-16-13)15-6-9-3-10(7-15)5-11(4-9)8-15/h1,9-11,13,16H,2-8H2,(H,17,18). The summed E-state index contributed by atoms with van der Waals surface area (Å²) in [6.45, 7) is 0.744. The Morgan fingerprint density at radius 2 is 1.72 bits per heavy atom. The fourth-order valence-corrected chi connectivity index (χ4v) is 5.72. The summed E-state index contributed by atoms with van der Waals surface area (Å²) in [5.74, 6) is 1.96. The van der Waals surface area contributed by atoms with E-state index in [0.29, 0.717) is 0 Å². The fraction of sp³-hybridized carbons (Fsp3) is 0.800. The van der Waals surface area contributed by atoms with Gasteiger partial charge < -0.3 is 5.11 Å². The summed E-state index contributed by atoms with van der Waals surface area (Å²) in [4.78, 5) is 11.4. The van der Waals surface area contributed by atoms with Gasteiger partial charge in [-0.05, 0) is 67.3 Å². The highest BCUT2D eigenvalue weighted by Gasteiger charge is 2.54. The van der Waals surface area contributed by atoms with Gasteiger partial charge in [0, 0.05) is 6.54 Å². The molecule has 0 aromatic carbocycles. The van der Waals surface area contributed by atoms with Crippen LogP contribution in [-0.4, -0.2) is 23.7 Å². The molecule has 3 nitrogen and oxygen atoms in total. The van der Waals surface area contributed by atoms with Crippen molar-refractivity contribution >= 4 is 5.97 Å². The maximum absolute atomic E-state index is 11.4. The van der Waals surface area contributed by atoms with Crippen LogP contribution < -0.4 is 5.32 Å². The lowest BCUT2D eigenvalue weighted by molar-refractivity contribution is -0.139. The first-order chi connectivity index (χ1) is 8.66. The van der Waals surface area contributed by atoms with Crippen molar-refractivity contribution in [3.63, 3.8) is 0 Å².